The highest BCUT2D eigenvalue weighted by atomic mass is 127. The molecule has 0 fully saturated rings. The Morgan fingerprint density at radius 1 is 0.947 bits per heavy atom. The van der Waals surface area contributed by atoms with Crippen molar-refractivity contribution in [3.05, 3.63) is 57.2 Å². The van der Waals surface area contributed by atoms with E-state index in [0.29, 0.717) is 0 Å². The van der Waals surface area contributed by atoms with Gasteiger partial charge in [-0.15, -0.1) is 0 Å². The van der Waals surface area contributed by atoms with Gasteiger partial charge in [0.25, 0.3) is 0 Å². The summed E-state index contributed by atoms with van der Waals surface area (Å²) in [5.41, 5.74) is 11.0. The van der Waals surface area contributed by atoms with Gasteiger partial charge in [-0.05, 0) is 64.8 Å². The van der Waals surface area contributed by atoms with Crippen LogP contribution in [0.25, 0.3) is 0 Å². The maximum Gasteiger partial charge on any atom is 0.0503 e. The Hall–Kier alpha value is -1.23. The summed E-state index contributed by atoms with van der Waals surface area (Å²) in [5.74, 6) is 0. The zero-order chi connectivity index (χ0) is 13.2. The summed E-state index contributed by atoms with van der Waals surface area (Å²) in [6.07, 6.45) is 2.24. The van der Waals surface area contributed by atoms with Crippen LogP contribution in [0.1, 0.15) is 11.1 Å². The average molecular weight is 364 g/mol. The minimum Gasteiger partial charge on any atom is -0.399 e. The van der Waals surface area contributed by atoms with Crippen molar-refractivity contribution in [3.8, 4) is 0 Å². The van der Waals surface area contributed by atoms with Crippen molar-refractivity contribution in [3.63, 3.8) is 0 Å². The molecule has 0 amide bonds. The van der Waals surface area contributed by atoms with Crippen LogP contribution in [0.2, 0.25) is 0 Å². The van der Waals surface area contributed by atoms with Crippen LogP contribution >= 0.6 is 22.6 Å². The summed E-state index contributed by atoms with van der Waals surface area (Å²) < 4.78 is 1.24. The number of halogens is 1. The van der Waals surface area contributed by atoms with Gasteiger partial charge in [0.1, 0.15) is 0 Å². The molecule has 1 heterocycles. The number of nitrogens with zero attached hydrogens (tertiary/aromatic N) is 1. The van der Waals surface area contributed by atoms with E-state index in [1.54, 1.807) is 0 Å². The van der Waals surface area contributed by atoms with E-state index in [4.69, 9.17) is 5.73 Å². The fourth-order valence-electron chi connectivity index (χ4n) is 2.69. The molecule has 19 heavy (non-hydrogen) atoms. The predicted molar refractivity (Wildman–Crippen MR) is 89.6 cm³/mol. The minimum atomic E-state index is 0.839. The largest absolute Gasteiger partial charge is 0.399 e. The number of benzene rings is 2. The molecule has 2 aromatic carbocycles. The van der Waals surface area contributed by atoms with Crippen LogP contribution in [0.5, 0.6) is 0 Å². The van der Waals surface area contributed by atoms with Gasteiger partial charge in [-0.1, -0.05) is 24.3 Å². The maximum absolute atomic E-state index is 5.83. The van der Waals surface area contributed by atoms with Gasteiger partial charge in [0.2, 0.25) is 0 Å². The topological polar surface area (TPSA) is 29.3 Å². The summed E-state index contributed by atoms with van der Waals surface area (Å²) in [6.45, 7) is 2.16. The summed E-state index contributed by atoms with van der Waals surface area (Å²) in [4.78, 5) is 2.47. The lowest BCUT2D eigenvalue weighted by atomic mass is 10.0. The van der Waals surface area contributed by atoms with Crippen molar-refractivity contribution >= 4 is 34.0 Å². The normalized spacial score (nSPS) is 14.9. The fourth-order valence-corrected chi connectivity index (χ4v) is 3.57. The lowest BCUT2D eigenvalue weighted by Gasteiger charge is -2.24. The summed E-state index contributed by atoms with van der Waals surface area (Å²) in [6, 6.07) is 15.0. The highest BCUT2D eigenvalue weighted by Gasteiger charge is 2.15. The van der Waals surface area contributed by atoms with Crippen LogP contribution in [-0.4, -0.2) is 13.1 Å². The second kappa shape index (κ2) is 5.41. The van der Waals surface area contributed by atoms with Gasteiger partial charge in [0.15, 0.2) is 0 Å². The van der Waals surface area contributed by atoms with Crippen LogP contribution in [0, 0.1) is 3.57 Å². The molecule has 0 saturated carbocycles. The molecule has 0 aliphatic carbocycles. The fraction of sp³-hybridized carbons (Fsp3) is 0.250. The molecule has 0 aromatic heterocycles. The first kappa shape index (κ1) is 12.8. The highest BCUT2D eigenvalue weighted by molar-refractivity contribution is 14.1. The molecule has 3 heteroatoms. The molecule has 2 aromatic rings. The molecule has 0 radical (unpaired) electrons. The van der Waals surface area contributed by atoms with Crippen molar-refractivity contribution in [1.29, 1.82) is 0 Å². The van der Waals surface area contributed by atoms with E-state index in [0.717, 1.165) is 31.6 Å². The average Bonchev–Trinajstić information content (AvgIpc) is 2.62. The quantitative estimate of drug-likeness (QED) is 0.620. The molecule has 0 saturated heterocycles. The summed E-state index contributed by atoms with van der Waals surface area (Å²) in [5, 5.41) is 0. The van der Waals surface area contributed by atoms with Crippen molar-refractivity contribution < 1.29 is 0 Å². The number of rotatable bonds is 1. The second-order valence-corrected chi connectivity index (χ2v) is 6.13. The van der Waals surface area contributed by atoms with Crippen LogP contribution < -0.4 is 10.6 Å². The van der Waals surface area contributed by atoms with E-state index >= 15 is 0 Å². The van der Waals surface area contributed by atoms with Gasteiger partial charge in [-0.2, -0.15) is 0 Å². The number of nitrogens with two attached hydrogens (primary N) is 1. The van der Waals surface area contributed by atoms with Crippen molar-refractivity contribution in [2.45, 2.75) is 12.8 Å². The Kier molecular flexibility index (Phi) is 3.64. The molecule has 0 bridgehead atoms. The molecule has 0 spiro atoms. The van der Waals surface area contributed by atoms with Gasteiger partial charge in [0.05, 0.1) is 5.69 Å². The van der Waals surface area contributed by atoms with E-state index in [1.165, 1.54) is 20.4 Å². The van der Waals surface area contributed by atoms with Gasteiger partial charge in [-0.3, -0.25) is 0 Å². The van der Waals surface area contributed by atoms with Gasteiger partial charge in [0, 0.05) is 22.3 Å². The molecule has 0 unspecified atom stereocenters. The molecule has 98 valence electrons. The van der Waals surface area contributed by atoms with E-state index in [-0.39, 0.29) is 0 Å². The van der Waals surface area contributed by atoms with Crippen molar-refractivity contribution in [1.82, 2.24) is 0 Å². The van der Waals surface area contributed by atoms with E-state index < -0.39 is 0 Å². The van der Waals surface area contributed by atoms with E-state index in [9.17, 15) is 0 Å². The molecular weight excluding hydrogens is 347 g/mol. The molecule has 3 rings (SSSR count). The third-order valence-corrected chi connectivity index (χ3v) is 4.60. The first-order valence-electron chi connectivity index (χ1n) is 6.61. The molecule has 2 N–H and O–H groups in total. The Labute approximate surface area is 127 Å². The van der Waals surface area contributed by atoms with Crippen LogP contribution in [0.4, 0.5) is 11.4 Å². The zero-order valence-electron chi connectivity index (χ0n) is 10.8. The second-order valence-electron chi connectivity index (χ2n) is 4.97. The van der Waals surface area contributed by atoms with E-state index in [1.807, 2.05) is 12.1 Å². The van der Waals surface area contributed by atoms with Crippen molar-refractivity contribution in [2.24, 2.45) is 0 Å². The third kappa shape index (κ3) is 2.71. The zero-order valence-corrected chi connectivity index (χ0v) is 12.9. The standard InChI is InChI=1S/C16H17IN2/c17-15-11-14(18)5-6-16(15)19-9-7-12-3-1-2-4-13(12)8-10-19/h1-6,11H,7-10,18H2. The van der Waals surface area contributed by atoms with Crippen LogP contribution in [-0.2, 0) is 12.8 Å². The Bertz CT molecular complexity index is 568. The number of hydrogen-bond donors (Lipinski definition) is 1. The SMILES string of the molecule is Nc1ccc(N2CCc3ccccc3CC2)c(I)c1. The van der Waals surface area contributed by atoms with Crippen LogP contribution in [0.15, 0.2) is 42.5 Å². The summed E-state index contributed by atoms with van der Waals surface area (Å²) >= 11 is 2.38. The smallest absolute Gasteiger partial charge is 0.0503 e. The molecule has 1 aliphatic rings. The Morgan fingerprint density at radius 2 is 1.58 bits per heavy atom. The Balaban J connectivity index is 1.85. The molecule has 0 atom stereocenters. The van der Waals surface area contributed by atoms with Gasteiger partial charge >= 0.3 is 0 Å². The number of fused-ring (bicyclic) bond motifs is 1. The minimum absolute atomic E-state index is 0.839. The van der Waals surface area contributed by atoms with Gasteiger partial charge < -0.3 is 10.6 Å². The lowest BCUT2D eigenvalue weighted by Crippen LogP contribution is -2.26. The molecule has 1 aliphatic heterocycles. The highest BCUT2D eigenvalue weighted by Crippen LogP contribution is 2.27. The van der Waals surface area contributed by atoms with Crippen molar-refractivity contribution in [2.75, 3.05) is 23.7 Å². The Morgan fingerprint density at radius 3 is 2.16 bits per heavy atom. The third-order valence-electron chi connectivity index (χ3n) is 3.73. The van der Waals surface area contributed by atoms with Gasteiger partial charge in [-0.25, -0.2) is 0 Å². The molecular formula is C16H17IN2. The monoisotopic (exact) mass is 364 g/mol. The summed E-state index contributed by atoms with van der Waals surface area (Å²) in [7, 11) is 0. The molecule has 2 nitrogen and oxygen atoms in total. The first-order valence-corrected chi connectivity index (χ1v) is 7.68. The first-order chi connectivity index (χ1) is 9.24. The maximum atomic E-state index is 5.83. The number of nitrogen functional groups attached to an aromatic ring is 1. The number of hydrogen-bond acceptors (Lipinski definition) is 2. The van der Waals surface area contributed by atoms with E-state index in [2.05, 4.69) is 57.8 Å². The lowest BCUT2D eigenvalue weighted by molar-refractivity contribution is 0.804. The predicted octanol–water partition coefficient (Wildman–Crippen LogP) is 3.48. The van der Waals surface area contributed by atoms with Crippen LogP contribution in [0.3, 0.4) is 0 Å². The number of anilines is 2.